The molecule has 1 heterocycles. The van der Waals surface area contributed by atoms with Gasteiger partial charge >= 0.3 is 11.9 Å². The fourth-order valence-corrected chi connectivity index (χ4v) is 5.37. The smallest absolute Gasteiger partial charge is 0.337 e. The van der Waals surface area contributed by atoms with Crippen molar-refractivity contribution in [1.82, 2.24) is 5.32 Å². The molecule has 40 heavy (non-hydrogen) atoms. The molecule has 0 saturated heterocycles. The number of allylic oxidation sites excluding steroid dienone is 3. The van der Waals surface area contributed by atoms with E-state index >= 15 is 0 Å². The number of esters is 2. The lowest BCUT2D eigenvalue weighted by Crippen LogP contribution is -2.36. The first kappa shape index (κ1) is 28.7. The number of hydrogen-bond acceptors (Lipinski definition) is 9. The van der Waals surface area contributed by atoms with E-state index < -0.39 is 17.9 Å². The monoisotopic (exact) mass is 549 g/mol. The number of ether oxygens (including phenoxy) is 5. The summed E-state index contributed by atoms with van der Waals surface area (Å²) in [5.41, 5.74) is 3.83. The number of nitrogens with one attached hydrogen (secondary N) is 1. The summed E-state index contributed by atoms with van der Waals surface area (Å²) >= 11 is 0. The van der Waals surface area contributed by atoms with Crippen molar-refractivity contribution >= 4 is 17.7 Å². The molecule has 0 spiro atoms. The van der Waals surface area contributed by atoms with Gasteiger partial charge in [0, 0.05) is 36.2 Å². The normalized spacial score (nSPS) is 18.6. The summed E-state index contributed by atoms with van der Waals surface area (Å²) in [6.07, 6.45) is 0.460. The van der Waals surface area contributed by atoms with Gasteiger partial charge in [0.15, 0.2) is 28.8 Å². The Kier molecular flexibility index (Phi) is 8.52. The van der Waals surface area contributed by atoms with Gasteiger partial charge in [-0.05, 0) is 68.5 Å². The van der Waals surface area contributed by atoms with Gasteiger partial charge in [-0.2, -0.15) is 0 Å². The SMILES string of the molecule is COc1ccc(C2CC(=O)C3=C(C2)NC(C)=C(C(=O)OC(C)C)C3c2ccc(OC(C)=O)c(OC)c2)cc1OC. The number of benzene rings is 2. The maximum absolute atomic E-state index is 13.9. The molecule has 0 fully saturated rings. The van der Waals surface area contributed by atoms with Gasteiger partial charge in [0.25, 0.3) is 0 Å². The van der Waals surface area contributed by atoms with E-state index in [0.717, 1.165) is 11.3 Å². The lowest BCUT2D eigenvalue weighted by Gasteiger charge is -2.37. The van der Waals surface area contributed by atoms with Crippen molar-refractivity contribution in [2.75, 3.05) is 21.3 Å². The molecular formula is C31H35NO8. The predicted octanol–water partition coefficient (Wildman–Crippen LogP) is 4.95. The van der Waals surface area contributed by atoms with Crippen molar-refractivity contribution in [1.29, 1.82) is 0 Å². The zero-order valence-corrected chi connectivity index (χ0v) is 23.9. The van der Waals surface area contributed by atoms with E-state index in [2.05, 4.69) is 5.32 Å². The zero-order valence-electron chi connectivity index (χ0n) is 23.9. The van der Waals surface area contributed by atoms with E-state index in [0.29, 0.717) is 46.1 Å². The highest BCUT2D eigenvalue weighted by Gasteiger charge is 2.42. The molecule has 9 heteroatoms. The lowest BCUT2D eigenvalue weighted by molar-refractivity contribution is -0.143. The van der Waals surface area contributed by atoms with Crippen LogP contribution in [0.25, 0.3) is 0 Å². The quantitative estimate of drug-likeness (QED) is 0.361. The van der Waals surface area contributed by atoms with E-state index in [1.807, 2.05) is 25.1 Å². The minimum atomic E-state index is -0.693. The molecule has 0 radical (unpaired) electrons. The largest absolute Gasteiger partial charge is 0.493 e. The van der Waals surface area contributed by atoms with Crippen LogP contribution in [-0.2, 0) is 19.1 Å². The van der Waals surface area contributed by atoms with E-state index in [4.69, 9.17) is 23.7 Å². The molecule has 2 unspecified atom stereocenters. The first-order valence-electron chi connectivity index (χ1n) is 13.1. The maximum Gasteiger partial charge on any atom is 0.337 e. The molecule has 2 atom stereocenters. The molecule has 2 aromatic carbocycles. The van der Waals surface area contributed by atoms with Crippen LogP contribution in [0, 0.1) is 0 Å². The van der Waals surface area contributed by atoms with Crippen LogP contribution >= 0.6 is 0 Å². The Morgan fingerprint density at radius 1 is 0.875 bits per heavy atom. The summed E-state index contributed by atoms with van der Waals surface area (Å²) < 4.78 is 27.2. The van der Waals surface area contributed by atoms with Crippen molar-refractivity contribution in [2.24, 2.45) is 0 Å². The number of ketones is 1. The minimum absolute atomic E-state index is 0.0797. The first-order chi connectivity index (χ1) is 19.1. The van der Waals surface area contributed by atoms with Crippen LogP contribution in [0.15, 0.2) is 58.9 Å². The topological polar surface area (TPSA) is 109 Å². The summed E-state index contributed by atoms with van der Waals surface area (Å²) in [4.78, 5) is 38.9. The highest BCUT2D eigenvalue weighted by atomic mass is 16.6. The fraction of sp³-hybridized carbons (Fsp3) is 0.387. The minimum Gasteiger partial charge on any atom is -0.493 e. The summed E-state index contributed by atoms with van der Waals surface area (Å²) in [7, 11) is 4.62. The Labute approximate surface area is 234 Å². The highest BCUT2D eigenvalue weighted by molar-refractivity contribution is 6.04. The third kappa shape index (κ3) is 5.68. The fourth-order valence-electron chi connectivity index (χ4n) is 5.37. The van der Waals surface area contributed by atoms with Crippen molar-refractivity contribution < 1.29 is 38.1 Å². The molecule has 1 aliphatic carbocycles. The molecule has 0 amide bonds. The number of rotatable bonds is 8. The van der Waals surface area contributed by atoms with Crippen molar-refractivity contribution in [3.8, 4) is 23.0 Å². The van der Waals surface area contributed by atoms with Crippen LogP contribution in [0.5, 0.6) is 23.0 Å². The Bertz CT molecular complexity index is 1400. The summed E-state index contributed by atoms with van der Waals surface area (Å²) in [5, 5.41) is 3.35. The molecular weight excluding hydrogens is 514 g/mol. The second kappa shape index (κ2) is 11.9. The number of carbonyl (C=O) groups excluding carboxylic acids is 3. The van der Waals surface area contributed by atoms with Gasteiger partial charge in [-0.1, -0.05) is 12.1 Å². The van der Waals surface area contributed by atoms with E-state index in [1.54, 1.807) is 46.3 Å². The number of Topliss-reactive ketones (excluding diaryl/α,β-unsaturated/α-hetero) is 1. The van der Waals surface area contributed by atoms with E-state index in [-0.39, 0.29) is 30.0 Å². The zero-order chi connectivity index (χ0) is 29.1. The Morgan fingerprint density at radius 3 is 2.10 bits per heavy atom. The number of carbonyl (C=O) groups is 3. The average Bonchev–Trinajstić information content (AvgIpc) is 2.91. The molecule has 4 rings (SSSR count). The van der Waals surface area contributed by atoms with Crippen molar-refractivity contribution in [2.45, 2.75) is 58.5 Å². The molecule has 2 aliphatic rings. The molecule has 2 aromatic rings. The summed E-state index contributed by atoms with van der Waals surface area (Å²) in [5.74, 6) is -0.0965. The van der Waals surface area contributed by atoms with Gasteiger partial charge in [0.05, 0.1) is 33.0 Å². The molecule has 1 N–H and O–H groups in total. The van der Waals surface area contributed by atoms with Gasteiger partial charge in [0.1, 0.15) is 0 Å². The second-order valence-corrected chi connectivity index (χ2v) is 10.1. The highest BCUT2D eigenvalue weighted by Crippen LogP contribution is 2.47. The second-order valence-electron chi connectivity index (χ2n) is 10.1. The standard InChI is InChI=1S/C31H35NO8/c1-16(2)39-31(35)28-17(3)32-22-12-21(19-8-10-24(36-5)26(14-19)37-6)13-23(34)30(22)29(28)20-9-11-25(40-18(4)33)27(15-20)38-7/h8-11,14-16,21,29,32H,12-13H2,1-7H3. The Morgan fingerprint density at radius 2 is 1.48 bits per heavy atom. The number of hydrogen-bond donors (Lipinski definition) is 1. The molecule has 212 valence electrons. The van der Waals surface area contributed by atoms with Crippen LogP contribution < -0.4 is 24.3 Å². The van der Waals surface area contributed by atoms with Crippen LogP contribution in [0.3, 0.4) is 0 Å². The molecule has 0 aromatic heterocycles. The molecule has 0 bridgehead atoms. The third-order valence-electron chi connectivity index (χ3n) is 7.04. The maximum atomic E-state index is 13.9. The average molecular weight is 550 g/mol. The van der Waals surface area contributed by atoms with Gasteiger partial charge in [-0.25, -0.2) is 4.79 Å². The van der Waals surface area contributed by atoms with Crippen LogP contribution in [-0.4, -0.2) is 45.2 Å². The van der Waals surface area contributed by atoms with Gasteiger partial charge in [0.2, 0.25) is 0 Å². The van der Waals surface area contributed by atoms with Gasteiger partial charge < -0.3 is 29.0 Å². The molecule has 9 nitrogen and oxygen atoms in total. The predicted molar refractivity (Wildman–Crippen MR) is 148 cm³/mol. The summed E-state index contributed by atoms with van der Waals surface area (Å²) in [6.45, 7) is 6.67. The Balaban J connectivity index is 1.81. The van der Waals surface area contributed by atoms with Gasteiger partial charge in [-0.3, -0.25) is 9.59 Å². The van der Waals surface area contributed by atoms with E-state index in [9.17, 15) is 14.4 Å². The van der Waals surface area contributed by atoms with Crippen molar-refractivity contribution in [3.63, 3.8) is 0 Å². The van der Waals surface area contributed by atoms with Gasteiger partial charge in [-0.15, -0.1) is 0 Å². The third-order valence-corrected chi connectivity index (χ3v) is 7.04. The van der Waals surface area contributed by atoms with E-state index in [1.165, 1.54) is 14.0 Å². The van der Waals surface area contributed by atoms with Crippen LogP contribution in [0.2, 0.25) is 0 Å². The Hall–Kier alpha value is -4.27. The first-order valence-corrected chi connectivity index (χ1v) is 13.1. The molecule has 0 saturated carbocycles. The number of methoxy groups -OCH3 is 3. The van der Waals surface area contributed by atoms with Crippen LogP contribution in [0.1, 0.15) is 63.5 Å². The van der Waals surface area contributed by atoms with Crippen LogP contribution in [0.4, 0.5) is 0 Å². The molecule has 1 aliphatic heterocycles. The summed E-state index contributed by atoms with van der Waals surface area (Å²) in [6, 6.07) is 10.7. The number of dihydropyridines is 1. The van der Waals surface area contributed by atoms with Crippen molar-refractivity contribution in [3.05, 3.63) is 70.1 Å². The lowest BCUT2D eigenvalue weighted by atomic mass is 9.71.